The first-order valence-electron chi connectivity index (χ1n) is 6.31. The highest BCUT2D eigenvalue weighted by Crippen LogP contribution is 2.39. The van der Waals surface area contributed by atoms with Crippen LogP contribution in [0, 0.1) is 0 Å². The molecular formula is C12H19N3S. The van der Waals surface area contributed by atoms with Crippen LogP contribution in [-0.4, -0.2) is 17.6 Å². The second kappa shape index (κ2) is 4.00. The molecule has 1 unspecified atom stereocenters. The maximum Gasteiger partial charge on any atom is 0.186 e. The van der Waals surface area contributed by atoms with Crippen LogP contribution in [0.1, 0.15) is 49.2 Å². The summed E-state index contributed by atoms with van der Waals surface area (Å²) < 4.78 is 0. The van der Waals surface area contributed by atoms with Crippen LogP contribution in [0.4, 0.5) is 5.13 Å². The second-order valence-electron chi connectivity index (χ2n) is 4.82. The van der Waals surface area contributed by atoms with E-state index in [2.05, 4.69) is 11.8 Å². The second-order valence-corrected chi connectivity index (χ2v) is 5.83. The summed E-state index contributed by atoms with van der Waals surface area (Å²) in [4.78, 5) is 8.60. The number of hydrogen-bond donors (Lipinski definition) is 1. The fourth-order valence-corrected chi connectivity index (χ4v) is 3.78. The molecule has 0 radical (unpaired) electrons. The molecule has 2 N–H and O–H groups in total. The Bertz CT molecular complexity index is 384. The molecule has 1 heterocycles. The lowest BCUT2D eigenvalue weighted by atomic mass is 9.99. The van der Waals surface area contributed by atoms with Gasteiger partial charge in [-0.15, -0.1) is 0 Å². The molecule has 0 spiro atoms. The Morgan fingerprint density at radius 1 is 1.44 bits per heavy atom. The van der Waals surface area contributed by atoms with Gasteiger partial charge in [-0.25, -0.2) is 4.98 Å². The van der Waals surface area contributed by atoms with Crippen LogP contribution in [0.5, 0.6) is 0 Å². The van der Waals surface area contributed by atoms with Crippen LogP contribution >= 0.6 is 11.3 Å². The molecule has 2 aliphatic carbocycles. The van der Waals surface area contributed by atoms with Crippen molar-refractivity contribution in [2.45, 2.75) is 51.1 Å². The summed E-state index contributed by atoms with van der Waals surface area (Å²) in [5, 5.41) is 1.22. The fourth-order valence-electron chi connectivity index (χ4n) is 2.50. The highest BCUT2D eigenvalue weighted by atomic mass is 32.1. The zero-order valence-corrected chi connectivity index (χ0v) is 10.6. The summed E-state index contributed by atoms with van der Waals surface area (Å²) in [5.41, 5.74) is 7.42. The summed E-state index contributed by atoms with van der Waals surface area (Å²) in [6.45, 7) is 3.30. The minimum Gasteiger partial charge on any atom is -0.345 e. The Kier molecular flexibility index (Phi) is 2.64. The molecule has 1 saturated carbocycles. The van der Waals surface area contributed by atoms with Gasteiger partial charge in [-0.1, -0.05) is 11.3 Å². The molecule has 88 valence electrons. The van der Waals surface area contributed by atoms with Gasteiger partial charge in [0, 0.05) is 23.5 Å². The summed E-state index contributed by atoms with van der Waals surface area (Å²) in [5.74, 6) is 0. The van der Waals surface area contributed by atoms with Gasteiger partial charge in [0.25, 0.3) is 0 Å². The van der Waals surface area contributed by atoms with E-state index in [1.54, 1.807) is 0 Å². The third-order valence-electron chi connectivity index (χ3n) is 3.56. The number of fused-ring (bicyclic) bond motifs is 1. The van der Waals surface area contributed by atoms with Crippen LogP contribution in [0.15, 0.2) is 0 Å². The molecule has 0 bridgehead atoms. The number of rotatable bonds is 3. The molecular weight excluding hydrogens is 218 g/mol. The molecule has 1 fully saturated rings. The van der Waals surface area contributed by atoms with Gasteiger partial charge < -0.3 is 10.6 Å². The van der Waals surface area contributed by atoms with Crippen molar-refractivity contribution >= 4 is 16.5 Å². The summed E-state index contributed by atoms with van der Waals surface area (Å²) >= 11 is 1.83. The molecule has 3 rings (SSSR count). The normalized spacial score (nSPS) is 24.2. The maximum atomic E-state index is 6.14. The van der Waals surface area contributed by atoms with Crippen LogP contribution in [0.25, 0.3) is 0 Å². The third kappa shape index (κ3) is 1.74. The van der Waals surface area contributed by atoms with E-state index in [0.717, 1.165) is 25.4 Å². The van der Waals surface area contributed by atoms with Crippen molar-refractivity contribution in [3.05, 3.63) is 10.6 Å². The molecule has 1 aromatic rings. The van der Waals surface area contributed by atoms with E-state index in [-0.39, 0.29) is 6.04 Å². The molecule has 3 nitrogen and oxygen atoms in total. The van der Waals surface area contributed by atoms with E-state index >= 15 is 0 Å². The van der Waals surface area contributed by atoms with Gasteiger partial charge >= 0.3 is 0 Å². The van der Waals surface area contributed by atoms with Gasteiger partial charge in [0.15, 0.2) is 5.13 Å². The lowest BCUT2D eigenvalue weighted by molar-refractivity contribution is 0.573. The highest BCUT2D eigenvalue weighted by Gasteiger charge is 2.31. The smallest absolute Gasteiger partial charge is 0.186 e. The van der Waals surface area contributed by atoms with Crippen molar-refractivity contribution in [3.63, 3.8) is 0 Å². The summed E-state index contributed by atoms with van der Waals surface area (Å²) in [6, 6.07) is 1.00. The number of thiazole rings is 1. The third-order valence-corrected chi connectivity index (χ3v) is 4.82. The SMILES string of the molecule is CCN(c1nc2c(s1)C(N)CCC2)C1CC1. The number of hydrogen-bond acceptors (Lipinski definition) is 4. The number of anilines is 1. The molecule has 0 aliphatic heterocycles. The Balaban J connectivity index is 1.90. The number of nitrogens with zero attached hydrogens (tertiary/aromatic N) is 2. The van der Waals surface area contributed by atoms with Gasteiger partial charge in [0.2, 0.25) is 0 Å². The quantitative estimate of drug-likeness (QED) is 0.878. The Morgan fingerprint density at radius 3 is 2.88 bits per heavy atom. The standard InChI is InChI=1S/C12H19N3S/c1-2-15(8-6-7-8)12-14-10-5-3-4-9(13)11(10)16-12/h8-9H,2-7,13H2,1H3. The molecule has 0 amide bonds. The maximum absolute atomic E-state index is 6.14. The van der Waals surface area contributed by atoms with E-state index in [0.29, 0.717) is 0 Å². The van der Waals surface area contributed by atoms with E-state index in [1.165, 1.54) is 35.0 Å². The highest BCUT2D eigenvalue weighted by molar-refractivity contribution is 7.15. The van der Waals surface area contributed by atoms with E-state index in [9.17, 15) is 0 Å². The summed E-state index contributed by atoms with van der Waals surface area (Å²) in [7, 11) is 0. The Labute approximate surface area is 101 Å². The molecule has 0 aromatic carbocycles. The van der Waals surface area contributed by atoms with Crippen molar-refractivity contribution in [1.29, 1.82) is 0 Å². The molecule has 16 heavy (non-hydrogen) atoms. The summed E-state index contributed by atoms with van der Waals surface area (Å²) in [6.07, 6.45) is 6.13. The van der Waals surface area contributed by atoms with Gasteiger partial charge in [-0.05, 0) is 39.0 Å². The van der Waals surface area contributed by atoms with Crippen LogP contribution in [-0.2, 0) is 6.42 Å². The van der Waals surface area contributed by atoms with E-state index < -0.39 is 0 Å². The largest absolute Gasteiger partial charge is 0.345 e. The monoisotopic (exact) mass is 237 g/mol. The average molecular weight is 237 g/mol. The lowest BCUT2D eigenvalue weighted by Crippen LogP contribution is -2.24. The van der Waals surface area contributed by atoms with Crippen LogP contribution in [0.3, 0.4) is 0 Å². The zero-order valence-electron chi connectivity index (χ0n) is 9.78. The molecule has 1 aromatic heterocycles. The average Bonchev–Trinajstić information content (AvgIpc) is 2.99. The Morgan fingerprint density at radius 2 is 2.25 bits per heavy atom. The number of aromatic nitrogens is 1. The van der Waals surface area contributed by atoms with Crippen LogP contribution in [0.2, 0.25) is 0 Å². The van der Waals surface area contributed by atoms with Gasteiger partial charge in [-0.3, -0.25) is 0 Å². The predicted molar refractivity (Wildman–Crippen MR) is 68.0 cm³/mol. The zero-order chi connectivity index (χ0) is 11.1. The Hall–Kier alpha value is -0.610. The van der Waals surface area contributed by atoms with Gasteiger partial charge in [0.05, 0.1) is 5.69 Å². The molecule has 0 saturated heterocycles. The first-order valence-corrected chi connectivity index (χ1v) is 7.13. The topological polar surface area (TPSA) is 42.2 Å². The van der Waals surface area contributed by atoms with Crippen molar-refractivity contribution in [2.24, 2.45) is 5.73 Å². The number of nitrogens with two attached hydrogens (primary N) is 1. The predicted octanol–water partition coefficient (Wildman–Crippen LogP) is 2.47. The lowest BCUT2D eigenvalue weighted by Gasteiger charge is -2.18. The minimum absolute atomic E-state index is 0.243. The molecule has 2 aliphatic rings. The van der Waals surface area contributed by atoms with Gasteiger partial charge in [0.1, 0.15) is 0 Å². The van der Waals surface area contributed by atoms with Crippen molar-refractivity contribution in [3.8, 4) is 0 Å². The molecule has 1 atom stereocenters. The molecule has 4 heteroatoms. The first kappa shape index (κ1) is 10.5. The first-order chi connectivity index (χ1) is 7.79. The van der Waals surface area contributed by atoms with Crippen molar-refractivity contribution in [2.75, 3.05) is 11.4 Å². The van der Waals surface area contributed by atoms with Crippen molar-refractivity contribution in [1.82, 2.24) is 4.98 Å². The van der Waals surface area contributed by atoms with E-state index in [4.69, 9.17) is 10.7 Å². The fraction of sp³-hybridized carbons (Fsp3) is 0.750. The van der Waals surface area contributed by atoms with Crippen molar-refractivity contribution < 1.29 is 0 Å². The number of aryl methyl sites for hydroxylation is 1. The van der Waals surface area contributed by atoms with E-state index in [1.807, 2.05) is 11.3 Å². The minimum atomic E-state index is 0.243. The van der Waals surface area contributed by atoms with Gasteiger partial charge in [-0.2, -0.15) is 0 Å². The van der Waals surface area contributed by atoms with Crippen LogP contribution < -0.4 is 10.6 Å².